The predicted molar refractivity (Wildman–Crippen MR) is 63.0 cm³/mol. The summed E-state index contributed by atoms with van der Waals surface area (Å²) < 4.78 is 5.20. The standard InChI is InChI=1S/C12H17N3O2/c1-4-15(3)12(16)9(2)14-8-11-6-5-10(7-13)17-11/h5-6,9,14H,4,8H2,1-3H3. The average Bonchev–Trinajstić information content (AvgIpc) is 2.81. The molecule has 0 aromatic carbocycles. The fraction of sp³-hybridized carbons (Fsp3) is 0.500. The maximum atomic E-state index is 11.7. The van der Waals surface area contributed by atoms with Crippen LogP contribution in [0.2, 0.25) is 0 Å². The number of carbonyl (C=O) groups excluding carboxylic acids is 1. The lowest BCUT2D eigenvalue weighted by Crippen LogP contribution is -2.42. The highest BCUT2D eigenvalue weighted by molar-refractivity contribution is 5.81. The van der Waals surface area contributed by atoms with Crippen LogP contribution in [0.5, 0.6) is 0 Å². The van der Waals surface area contributed by atoms with Crippen molar-refractivity contribution in [3.05, 3.63) is 23.7 Å². The number of likely N-dealkylation sites (N-methyl/N-ethyl adjacent to an activating group) is 1. The smallest absolute Gasteiger partial charge is 0.239 e. The van der Waals surface area contributed by atoms with E-state index < -0.39 is 0 Å². The third kappa shape index (κ3) is 3.61. The Kier molecular flexibility index (Phi) is 4.73. The Morgan fingerprint density at radius 2 is 2.35 bits per heavy atom. The average molecular weight is 235 g/mol. The number of carbonyl (C=O) groups is 1. The number of nitrogens with zero attached hydrogens (tertiary/aromatic N) is 2. The van der Waals surface area contributed by atoms with Crippen molar-refractivity contribution in [3.63, 3.8) is 0 Å². The highest BCUT2D eigenvalue weighted by atomic mass is 16.3. The summed E-state index contributed by atoms with van der Waals surface area (Å²) in [7, 11) is 1.77. The Bertz CT molecular complexity index is 420. The van der Waals surface area contributed by atoms with Crippen LogP contribution < -0.4 is 5.32 Å². The van der Waals surface area contributed by atoms with Crippen LogP contribution in [0.15, 0.2) is 16.5 Å². The molecule has 0 aliphatic rings. The lowest BCUT2D eigenvalue weighted by atomic mass is 10.3. The number of amides is 1. The Morgan fingerprint density at radius 3 is 2.88 bits per heavy atom. The Morgan fingerprint density at radius 1 is 1.65 bits per heavy atom. The van der Waals surface area contributed by atoms with Crippen LogP contribution in [0, 0.1) is 11.3 Å². The van der Waals surface area contributed by atoms with Crippen molar-refractivity contribution < 1.29 is 9.21 Å². The fourth-order valence-electron chi connectivity index (χ4n) is 1.36. The zero-order chi connectivity index (χ0) is 12.8. The molecule has 0 spiro atoms. The van der Waals surface area contributed by atoms with Gasteiger partial charge in [0.25, 0.3) is 0 Å². The molecule has 1 heterocycles. The summed E-state index contributed by atoms with van der Waals surface area (Å²) in [5.41, 5.74) is 0. The number of furan rings is 1. The molecule has 0 aliphatic carbocycles. The molecule has 1 N–H and O–H groups in total. The first-order valence-electron chi connectivity index (χ1n) is 5.55. The zero-order valence-electron chi connectivity index (χ0n) is 10.4. The van der Waals surface area contributed by atoms with Crippen LogP contribution in [0.3, 0.4) is 0 Å². The van der Waals surface area contributed by atoms with Crippen molar-refractivity contribution >= 4 is 5.91 Å². The fourth-order valence-corrected chi connectivity index (χ4v) is 1.36. The van der Waals surface area contributed by atoms with E-state index in [4.69, 9.17) is 9.68 Å². The van der Waals surface area contributed by atoms with E-state index in [9.17, 15) is 4.79 Å². The van der Waals surface area contributed by atoms with Crippen LogP contribution in [0.25, 0.3) is 0 Å². The summed E-state index contributed by atoms with van der Waals surface area (Å²) in [6.45, 7) is 4.86. The molecular weight excluding hydrogens is 218 g/mol. The number of rotatable bonds is 5. The monoisotopic (exact) mass is 235 g/mol. The maximum Gasteiger partial charge on any atom is 0.239 e. The third-order valence-electron chi connectivity index (χ3n) is 2.58. The van der Waals surface area contributed by atoms with Crippen LogP contribution in [-0.4, -0.2) is 30.4 Å². The van der Waals surface area contributed by atoms with Crippen molar-refractivity contribution in [2.24, 2.45) is 0 Å². The SMILES string of the molecule is CCN(C)C(=O)C(C)NCc1ccc(C#N)o1. The molecule has 92 valence electrons. The first-order valence-corrected chi connectivity index (χ1v) is 5.55. The summed E-state index contributed by atoms with van der Waals surface area (Å²) in [6, 6.07) is 4.99. The second-order valence-electron chi connectivity index (χ2n) is 3.83. The number of nitriles is 1. The first kappa shape index (κ1) is 13.3. The van der Waals surface area contributed by atoms with Gasteiger partial charge in [0.05, 0.1) is 12.6 Å². The van der Waals surface area contributed by atoms with Crippen LogP contribution >= 0.6 is 0 Å². The van der Waals surface area contributed by atoms with Crippen molar-refractivity contribution in [1.29, 1.82) is 5.26 Å². The highest BCUT2D eigenvalue weighted by Gasteiger charge is 2.15. The van der Waals surface area contributed by atoms with Gasteiger partial charge in [0, 0.05) is 13.6 Å². The molecular formula is C12H17N3O2. The zero-order valence-corrected chi connectivity index (χ0v) is 10.4. The summed E-state index contributed by atoms with van der Waals surface area (Å²) >= 11 is 0. The summed E-state index contributed by atoms with van der Waals surface area (Å²) in [4.78, 5) is 13.4. The number of hydrogen-bond acceptors (Lipinski definition) is 4. The van der Waals surface area contributed by atoms with Crippen LogP contribution in [-0.2, 0) is 11.3 Å². The molecule has 5 nitrogen and oxygen atoms in total. The molecule has 1 aromatic heterocycles. The molecule has 0 aliphatic heterocycles. The quantitative estimate of drug-likeness (QED) is 0.830. The largest absolute Gasteiger partial charge is 0.449 e. The Labute approximate surface area is 101 Å². The number of nitrogens with one attached hydrogen (secondary N) is 1. The van der Waals surface area contributed by atoms with Gasteiger partial charge in [-0.15, -0.1) is 0 Å². The lowest BCUT2D eigenvalue weighted by molar-refractivity contribution is -0.131. The van der Waals surface area contributed by atoms with E-state index in [0.717, 1.165) is 0 Å². The van der Waals surface area contributed by atoms with Gasteiger partial charge in [-0.2, -0.15) is 5.26 Å². The molecule has 0 fully saturated rings. The van der Waals surface area contributed by atoms with E-state index in [1.54, 1.807) is 24.1 Å². The number of hydrogen-bond donors (Lipinski definition) is 1. The van der Waals surface area contributed by atoms with Crippen molar-refractivity contribution in [1.82, 2.24) is 10.2 Å². The summed E-state index contributed by atoms with van der Waals surface area (Å²) in [5, 5.41) is 11.7. The minimum absolute atomic E-state index is 0.0413. The molecule has 0 radical (unpaired) electrons. The van der Waals surface area contributed by atoms with Gasteiger partial charge in [0.2, 0.25) is 11.7 Å². The van der Waals surface area contributed by atoms with Gasteiger partial charge in [-0.1, -0.05) is 0 Å². The second-order valence-corrected chi connectivity index (χ2v) is 3.83. The second kappa shape index (κ2) is 6.06. The Hall–Kier alpha value is -1.80. The van der Waals surface area contributed by atoms with Gasteiger partial charge in [-0.3, -0.25) is 10.1 Å². The molecule has 5 heteroatoms. The van der Waals surface area contributed by atoms with Gasteiger partial charge in [0.1, 0.15) is 11.8 Å². The van der Waals surface area contributed by atoms with E-state index in [1.807, 2.05) is 19.9 Å². The molecule has 0 saturated carbocycles. The normalized spacial score (nSPS) is 11.9. The van der Waals surface area contributed by atoms with Gasteiger partial charge in [-0.05, 0) is 26.0 Å². The minimum Gasteiger partial charge on any atom is -0.449 e. The van der Waals surface area contributed by atoms with E-state index in [2.05, 4.69) is 5.32 Å². The van der Waals surface area contributed by atoms with Gasteiger partial charge in [-0.25, -0.2) is 0 Å². The molecule has 1 aromatic rings. The van der Waals surface area contributed by atoms with Gasteiger partial charge >= 0.3 is 0 Å². The first-order chi connectivity index (χ1) is 8.08. The van der Waals surface area contributed by atoms with E-state index in [-0.39, 0.29) is 17.7 Å². The molecule has 0 bridgehead atoms. The Balaban J connectivity index is 2.45. The molecule has 1 atom stereocenters. The van der Waals surface area contributed by atoms with Crippen molar-refractivity contribution in [3.8, 4) is 6.07 Å². The van der Waals surface area contributed by atoms with Crippen molar-refractivity contribution in [2.45, 2.75) is 26.4 Å². The molecule has 17 heavy (non-hydrogen) atoms. The van der Waals surface area contributed by atoms with E-state index in [1.165, 1.54) is 0 Å². The van der Waals surface area contributed by atoms with Gasteiger partial charge < -0.3 is 9.32 Å². The molecule has 1 rings (SSSR count). The van der Waals surface area contributed by atoms with E-state index >= 15 is 0 Å². The molecule has 1 unspecified atom stereocenters. The minimum atomic E-state index is -0.268. The summed E-state index contributed by atoms with van der Waals surface area (Å²) in [6.07, 6.45) is 0. The highest BCUT2D eigenvalue weighted by Crippen LogP contribution is 2.06. The summed E-state index contributed by atoms with van der Waals surface area (Å²) in [5.74, 6) is 0.978. The van der Waals surface area contributed by atoms with Crippen molar-refractivity contribution in [2.75, 3.05) is 13.6 Å². The molecule has 0 saturated heterocycles. The topological polar surface area (TPSA) is 69.3 Å². The maximum absolute atomic E-state index is 11.7. The third-order valence-corrected chi connectivity index (χ3v) is 2.58. The van der Waals surface area contributed by atoms with Gasteiger partial charge in [0.15, 0.2) is 0 Å². The lowest BCUT2D eigenvalue weighted by Gasteiger charge is -2.20. The predicted octanol–water partition coefficient (Wildman–Crippen LogP) is 1.11. The van der Waals surface area contributed by atoms with Crippen LogP contribution in [0.4, 0.5) is 0 Å². The van der Waals surface area contributed by atoms with E-state index in [0.29, 0.717) is 18.8 Å². The van der Waals surface area contributed by atoms with Crippen LogP contribution in [0.1, 0.15) is 25.4 Å². The molecule has 1 amide bonds.